The Morgan fingerprint density at radius 2 is 1.33 bits per heavy atom. The van der Waals surface area contributed by atoms with Crippen LogP contribution in [0.3, 0.4) is 0 Å². The third-order valence-corrected chi connectivity index (χ3v) is 4.11. The van der Waals surface area contributed by atoms with Gasteiger partial charge in [0, 0.05) is 0 Å². The molecule has 7 heteroatoms. The van der Waals surface area contributed by atoms with Crippen molar-refractivity contribution in [2.45, 2.75) is 77.2 Å². The summed E-state index contributed by atoms with van der Waals surface area (Å²) in [6.07, 6.45) is -10.1. The Morgan fingerprint density at radius 1 is 0.857 bits per heavy atom. The molecule has 0 bridgehead atoms. The third-order valence-electron chi connectivity index (χ3n) is 4.11. The summed E-state index contributed by atoms with van der Waals surface area (Å²) in [6.45, 7) is 5.51. The summed E-state index contributed by atoms with van der Waals surface area (Å²) < 4.78 is 75.8. The van der Waals surface area contributed by atoms with Crippen molar-refractivity contribution >= 4 is 0 Å². The predicted molar refractivity (Wildman–Crippen MR) is 68.8 cm³/mol. The Morgan fingerprint density at radius 3 is 1.67 bits per heavy atom. The Balaban J connectivity index is 4.82. The smallest absolute Gasteiger partial charge is 0.374 e. The quantitative estimate of drug-likeness (QED) is 0.587. The van der Waals surface area contributed by atoms with Gasteiger partial charge in [0.1, 0.15) is 0 Å². The van der Waals surface area contributed by atoms with Gasteiger partial charge in [0.05, 0.1) is 0 Å². The van der Waals surface area contributed by atoms with Crippen LogP contribution in [0.4, 0.5) is 26.3 Å². The lowest BCUT2D eigenvalue weighted by molar-refractivity contribution is -0.372. The molecule has 2 unspecified atom stereocenters. The zero-order valence-corrected chi connectivity index (χ0v) is 12.6. The van der Waals surface area contributed by atoms with Crippen LogP contribution in [0.2, 0.25) is 0 Å². The van der Waals surface area contributed by atoms with Crippen LogP contribution in [-0.4, -0.2) is 23.1 Å². The maximum atomic E-state index is 12.6. The van der Waals surface area contributed by atoms with E-state index in [0.717, 1.165) is 12.8 Å². The molecule has 0 aliphatic rings. The summed E-state index contributed by atoms with van der Waals surface area (Å²) in [5.41, 5.74) is -4.61. The molecule has 0 saturated carbocycles. The minimum atomic E-state index is -5.71. The molecule has 0 saturated heterocycles. The van der Waals surface area contributed by atoms with Crippen LogP contribution < -0.4 is 0 Å². The number of halogens is 6. The molecular formula is C14H24F6O. The van der Waals surface area contributed by atoms with Crippen LogP contribution in [0.1, 0.15) is 59.3 Å². The van der Waals surface area contributed by atoms with E-state index in [-0.39, 0.29) is 12.8 Å². The number of hydrogen-bond acceptors (Lipinski definition) is 1. The second-order valence-corrected chi connectivity index (χ2v) is 5.78. The summed E-state index contributed by atoms with van der Waals surface area (Å²) >= 11 is 0. The van der Waals surface area contributed by atoms with Crippen LogP contribution in [0, 0.1) is 11.8 Å². The highest BCUT2D eigenvalue weighted by Gasteiger charge is 2.70. The summed E-state index contributed by atoms with van der Waals surface area (Å²) in [4.78, 5) is 0. The molecule has 2 atom stereocenters. The number of aliphatic hydroxyl groups is 1. The largest absolute Gasteiger partial charge is 0.426 e. The highest BCUT2D eigenvalue weighted by molar-refractivity contribution is 4.95. The first-order chi connectivity index (χ1) is 9.39. The van der Waals surface area contributed by atoms with Crippen molar-refractivity contribution < 1.29 is 31.4 Å². The maximum absolute atomic E-state index is 12.6. The molecule has 0 rings (SSSR count). The van der Waals surface area contributed by atoms with Crippen molar-refractivity contribution in [2.75, 3.05) is 0 Å². The van der Waals surface area contributed by atoms with E-state index in [1.54, 1.807) is 6.92 Å². The Bertz CT molecular complexity index is 283. The summed E-state index contributed by atoms with van der Waals surface area (Å²) in [7, 11) is 0. The monoisotopic (exact) mass is 322 g/mol. The lowest BCUT2D eigenvalue weighted by Gasteiger charge is -2.35. The fourth-order valence-corrected chi connectivity index (χ4v) is 2.22. The van der Waals surface area contributed by atoms with Crippen molar-refractivity contribution in [1.82, 2.24) is 0 Å². The fourth-order valence-electron chi connectivity index (χ4n) is 2.22. The van der Waals surface area contributed by atoms with Gasteiger partial charge in [-0.05, 0) is 18.3 Å². The van der Waals surface area contributed by atoms with E-state index >= 15 is 0 Å². The molecule has 0 aromatic carbocycles. The lowest BCUT2D eigenvalue weighted by atomic mass is 9.84. The minimum Gasteiger partial charge on any atom is -0.374 e. The molecule has 0 heterocycles. The van der Waals surface area contributed by atoms with Crippen molar-refractivity contribution in [3.8, 4) is 0 Å². The molecule has 0 spiro atoms. The van der Waals surface area contributed by atoms with Gasteiger partial charge in [0.25, 0.3) is 5.60 Å². The number of hydrogen-bond donors (Lipinski definition) is 1. The van der Waals surface area contributed by atoms with E-state index in [0.29, 0.717) is 12.3 Å². The Kier molecular flexibility index (Phi) is 7.53. The molecule has 21 heavy (non-hydrogen) atoms. The number of alkyl halides is 6. The van der Waals surface area contributed by atoms with Gasteiger partial charge < -0.3 is 5.11 Å². The molecule has 0 aliphatic heterocycles. The summed E-state index contributed by atoms with van der Waals surface area (Å²) in [6, 6.07) is 0. The van der Waals surface area contributed by atoms with Gasteiger partial charge in [0.15, 0.2) is 0 Å². The van der Waals surface area contributed by atoms with Gasteiger partial charge in [-0.25, -0.2) is 0 Å². The first kappa shape index (κ1) is 20.5. The molecule has 0 aliphatic carbocycles. The highest BCUT2D eigenvalue weighted by Crippen LogP contribution is 2.47. The standard InChI is InChI=1S/C14H24F6O/c1-4-10(3)7-6-8-11(5-2)9-12(21,13(15,16)17)14(18,19)20/h10-11,21H,4-9H2,1-3H3. The first-order valence-electron chi connectivity index (χ1n) is 7.24. The third kappa shape index (κ3) is 5.68. The van der Waals surface area contributed by atoms with Crippen molar-refractivity contribution in [3.63, 3.8) is 0 Å². The molecule has 1 N–H and O–H groups in total. The number of rotatable bonds is 8. The minimum absolute atomic E-state index is 0.176. The van der Waals surface area contributed by atoms with Crippen LogP contribution in [0.5, 0.6) is 0 Å². The van der Waals surface area contributed by atoms with E-state index in [1.165, 1.54) is 0 Å². The van der Waals surface area contributed by atoms with Gasteiger partial charge in [-0.1, -0.05) is 52.9 Å². The van der Waals surface area contributed by atoms with Gasteiger partial charge >= 0.3 is 12.4 Å². The summed E-state index contributed by atoms with van der Waals surface area (Å²) in [5, 5.41) is 9.19. The van der Waals surface area contributed by atoms with Gasteiger partial charge in [-0.3, -0.25) is 0 Å². The Hall–Kier alpha value is -0.460. The second-order valence-electron chi connectivity index (χ2n) is 5.78. The maximum Gasteiger partial charge on any atom is 0.426 e. The van der Waals surface area contributed by atoms with Crippen molar-refractivity contribution in [2.24, 2.45) is 11.8 Å². The van der Waals surface area contributed by atoms with Gasteiger partial charge in [-0.2, -0.15) is 26.3 Å². The normalized spacial score (nSPS) is 16.9. The molecule has 0 aromatic heterocycles. The summed E-state index contributed by atoms with van der Waals surface area (Å²) in [5.74, 6) is -0.408. The highest BCUT2D eigenvalue weighted by atomic mass is 19.4. The zero-order chi connectivity index (χ0) is 16.9. The predicted octanol–water partition coefficient (Wildman–Crippen LogP) is 5.47. The first-order valence-corrected chi connectivity index (χ1v) is 7.24. The van der Waals surface area contributed by atoms with Crippen molar-refractivity contribution in [1.29, 1.82) is 0 Å². The Labute approximate surface area is 121 Å². The van der Waals surface area contributed by atoms with Gasteiger partial charge in [0.2, 0.25) is 0 Å². The van der Waals surface area contributed by atoms with E-state index < -0.39 is 30.3 Å². The van der Waals surface area contributed by atoms with E-state index in [9.17, 15) is 31.4 Å². The van der Waals surface area contributed by atoms with E-state index in [2.05, 4.69) is 0 Å². The van der Waals surface area contributed by atoms with E-state index in [4.69, 9.17) is 0 Å². The molecule has 0 radical (unpaired) electrons. The molecular weight excluding hydrogens is 298 g/mol. The average molecular weight is 322 g/mol. The van der Waals surface area contributed by atoms with Gasteiger partial charge in [-0.15, -0.1) is 0 Å². The lowest BCUT2D eigenvalue weighted by Crippen LogP contribution is -2.57. The average Bonchev–Trinajstić information content (AvgIpc) is 2.34. The van der Waals surface area contributed by atoms with Crippen LogP contribution in [0.25, 0.3) is 0 Å². The van der Waals surface area contributed by atoms with Crippen LogP contribution in [-0.2, 0) is 0 Å². The van der Waals surface area contributed by atoms with Crippen LogP contribution >= 0.6 is 0 Å². The molecule has 0 aromatic rings. The topological polar surface area (TPSA) is 20.2 Å². The molecule has 0 amide bonds. The fraction of sp³-hybridized carbons (Fsp3) is 1.00. The van der Waals surface area contributed by atoms with E-state index in [1.807, 2.05) is 13.8 Å². The zero-order valence-electron chi connectivity index (χ0n) is 12.6. The van der Waals surface area contributed by atoms with Crippen LogP contribution in [0.15, 0.2) is 0 Å². The second kappa shape index (κ2) is 7.70. The molecule has 0 fully saturated rings. The molecule has 1 nitrogen and oxygen atoms in total. The SMILES string of the molecule is CCC(C)CCCC(CC)CC(O)(C(F)(F)F)C(F)(F)F. The van der Waals surface area contributed by atoms with Crippen molar-refractivity contribution in [3.05, 3.63) is 0 Å². The molecule has 128 valence electrons.